The molecule has 0 aliphatic heterocycles. The van der Waals surface area contributed by atoms with Crippen molar-refractivity contribution in [1.82, 2.24) is 19.9 Å². The van der Waals surface area contributed by atoms with Gasteiger partial charge in [0.1, 0.15) is 0 Å². The van der Waals surface area contributed by atoms with Crippen LogP contribution in [0.3, 0.4) is 0 Å². The highest BCUT2D eigenvalue weighted by molar-refractivity contribution is 7.99. The van der Waals surface area contributed by atoms with Gasteiger partial charge in [-0.3, -0.25) is 4.79 Å². The molecule has 17 heavy (non-hydrogen) atoms. The zero-order valence-electron chi connectivity index (χ0n) is 10.0. The molecule has 0 fully saturated rings. The predicted octanol–water partition coefficient (Wildman–Crippen LogP) is 0.0328. The maximum atomic E-state index is 11.4. The lowest BCUT2D eigenvalue weighted by atomic mass is 10.6. The second kappa shape index (κ2) is 6.24. The van der Waals surface area contributed by atoms with Crippen LogP contribution in [-0.4, -0.2) is 52.2 Å². The number of carbonyl (C=O) groups is 1. The lowest BCUT2D eigenvalue weighted by molar-refractivity contribution is -0.125. The summed E-state index contributed by atoms with van der Waals surface area (Å²) in [5.74, 6) is 0.317. The van der Waals surface area contributed by atoms with Gasteiger partial charge in [-0.1, -0.05) is 11.8 Å². The van der Waals surface area contributed by atoms with E-state index in [2.05, 4.69) is 15.0 Å². The van der Waals surface area contributed by atoms with Crippen LogP contribution < -0.4 is 10.5 Å². The van der Waals surface area contributed by atoms with Crippen molar-refractivity contribution in [3.63, 3.8) is 0 Å². The SMILES string of the molecule is CCOc1nc(N)nc(SCC(=O)N(C)C)n1. The van der Waals surface area contributed by atoms with Gasteiger partial charge in [0.15, 0.2) is 5.16 Å². The summed E-state index contributed by atoms with van der Waals surface area (Å²) in [5, 5.41) is 0.385. The summed E-state index contributed by atoms with van der Waals surface area (Å²) in [6, 6.07) is 0.180. The summed E-state index contributed by atoms with van der Waals surface area (Å²) in [7, 11) is 3.38. The molecule has 0 aliphatic carbocycles. The molecule has 0 saturated carbocycles. The molecule has 0 atom stereocenters. The van der Waals surface area contributed by atoms with Gasteiger partial charge in [-0.05, 0) is 6.92 Å². The van der Waals surface area contributed by atoms with E-state index in [0.717, 1.165) is 0 Å². The van der Waals surface area contributed by atoms with Gasteiger partial charge in [0, 0.05) is 14.1 Å². The van der Waals surface area contributed by atoms with E-state index in [9.17, 15) is 4.79 Å². The van der Waals surface area contributed by atoms with E-state index in [0.29, 0.717) is 11.8 Å². The van der Waals surface area contributed by atoms with E-state index >= 15 is 0 Å². The first-order valence-corrected chi connectivity index (χ1v) is 5.98. The predicted molar refractivity (Wildman–Crippen MR) is 64.8 cm³/mol. The van der Waals surface area contributed by atoms with Gasteiger partial charge in [-0.25, -0.2) is 0 Å². The van der Waals surface area contributed by atoms with Crippen molar-refractivity contribution in [2.75, 3.05) is 32.2 Å². The Morgan fingerprint density at radius 2 is 2.12 bits per heavy atom. The number of nitrogens with two attached hydrogens (primary N) is 1. The molecule has 0 spiro atoms. The Morgan fingerprint density at radius 1 is 1.41 bits per heavy atom. The Morgan fingerprint density at radius 3 is 2.71 bits per heavy atom. The molecule has 1 aromatic rings. The van der Waals surface area contributed by atoms with Crippen LogP contribution in [0.4, 0.5) is 5.95 Å². The summed E-state index contributed by atoms with van der Waals surface area (Å²) in [5.41, 5.74) is 5.50. The van der Waals surface area contributed by atoms with Gasteiger partial charge in [0.2, 0.25) is 11.9 Å². The molecule has 1 amide bonds. The summed E-state index contributed by atoms with van der Waals surface area (Å²) >= 11 is 1.20. The third kappa shape index (κ3) is 4.43. The molecule has 1 aromatic heterocycles. The lowest BCUT2D eigenvalue weighted by Crippen LogP contribution is -2.23. The standard InChI is InChI=1S/C9H15N5O2S/c1-4-16-8-11-7(10)12-9(13-8)17-5-6(15)14(2)3/h4-5H2,1-3H3,(H2,10,11,12,13). The second-order valence-electron chi connectivity index (χ2n) is 3.27. The largest absolute Gasteiger partial charge is 0.464 e. The van der Waals surface area contributed by atoms with E-state index in [-0.39, 0.29) is 23.6 Å². The Kier molecular flexibility index (Phi) is 4.95. The topological polar surface area (TPSA) is 94.2 Å². The third-order valence-electron chi connectivity index (χ3n) is 1.71. The number of ether oxygens (including phenoxy) is 1. The smallest absolute Gasteiger partial charge is 0.322 e. The highest BCUT2D eigenvalue weighted by Gasteiger charge is 2.09. The van der Waals surface area contributed by atoms with Gasteiger partial charge in [0.05, 0.1) is 12.4 Å². The minimum absolute atomic E-state index is 0.0213. The Hall–Kier alpha value is -1.57. The average molecular weight is 257 g/mol. The highest BCUT2D eigenvalue weighted by Crippen LogP contribution is 2.16. The fourth-order valence-corrected chi connectivity index (χ4v) is 1.68. The van der Waals surface area contributed by atoms with Crippen LogP contribution in [0, 0.1) is 0 Å². The number of carbonyl (C=O) groups excluding carboxylic acids is 1. The molecule has 0 aliphatic rings. The Labute approximate surface area is 104 Å². The Bertz CT molecular complexity index is 399. The van der Waals surface area contributed by atoms with Gasteiger partial charge in [0.25, 0.3) is 0 Å². The quantitative estimate of drug-likeness (QED) is 0.744. The summed E-state index contributed by atoms with van der Waals surface area (Å²) in [6.07, 6.45) is 0. The van der Waals surface area contributed by atoms with Crippen LogP contribution in [0.15, 0.2) is 5.16 Å². The molecule has 7 nitrogen and oxygen atoms in total. The molecular formula is C9H15N5O2S. The van der Waals surface area contributed by atoms with Crippen molar-refractivity contribution in [1.29, 1.82) is 0 Å². The number of hydrogen-bond acceptors (Lipinski definition) is 7. The zero-order valence-corrected chi connectivity index (χ0v) is 10.8. The Balaban J connectivity index is 2.67. The highest BCUT2D eigenvalue weighted by atomic mass is 32.2. The van der Waals surface area contributed by atoms with Crippen molar-refractivity contribution >= 4 is 23.6 Å². The van der Waals surface area contributed by atoms with Crippen LogP contribution in [0.1, 0.15) is 6.92 Å². The lowest BCUT2D eigenvalue weighted by Gasteiger charge is -2.09. The molecule has 94 valence electrons. The molecule has 8 heteroatoms. The number of hydrogen-bond donors (Lipinski definition) is 1. The maximum Gasteiger partial charge on any atom is 0.322 e. The number of nitrogen functional groups attached to an aromatic ring is 1. The number of rotatable bonds is 5. The van der Waals surface area contributed by atoms with Gasteiger partial charge >= 0.3 is 6.01 Å². The van der Waals surface area contributed by atoms with Crippen LogP contribution in [-0.2, 0) is 4.79 Å². The second-order valence-corrected chi connectivity index (χ2v) is 4.21. The van der Waals surface area contributed by atoms with E-state index in [1.807, 2.05) is 6.92 Å². The van der Waals surface area contributed by atoms with E-state index in [4.69, 9.17) is 10.5 Å². The molecule has 0 bridgehead atoms. The molecular weight excluding hydrogens is 242 g/mol. The van der Waals surface area contributed by atoms with Crippen molar-refractivity contribution in [3.05, 3.63) is 0 Å². The zero-order chi connectivity index (χ0) is 12.8. The maximum absolute atomic E-state index is 11.4. The van der Waals surface area contributed by atoms with Crippen LogP contribution >= 0.6 is 11.8 Å². The fraction of sp³-hybridized carbons (Fsp3) is 0.556. The molecule has 0 aromatic carbocycles. The molecule has 2 N–H and O–H groups in total. The normalized spacial score (nSPS) is 10.1. The summed E-state index contributed by atoms with van der Waals surface area (Å²) in [4.78, 5) is 24.6. The van der Waals surface area contributed by atoms with Crippen molar-refractivity contribution < 1.29 is 9.53 Å². The first kappa shape index (κ1) is 13.5. The average Bonchev–Trinajstić information content (AvgIpc) is 2.25. The van der Waals surface area contributed by atoms with Gasteiger partial charge in [-0.2, -0.15) is 15.0 Å². The monoisotopic (exact) mass is 257 g/mol. The van der Waals surface area contributed by atoms with Gasteiger partial charge in [-0.15, -0.1) is 0 Å². The first-order valence-electron chi connectivity index (χ1n) is 5.00. The third-order valence-corrected chi connectivity index (χ3v) is 2.54. The number of aromatic nitrogens is 3. The molecule has 0 radical (unpaired) electrons. The van der Waals surface area contributed by atoms with Crippen molar-refractivity contribution in [3.8, 4) is 6.01 Å². The molecule has 1 rings (SSSR count). The molecule has 0 saturated heterocycles. The number of nitrogens with zero attached hydrogens (tertiary/aromatic N) is 4. The molecule has 0 unspecified atom stereocenters. The van der Waals surface area contributed by atoms with E-state index < -0.39 is 0 Å². The molecule has 1 heterocycles. The van der Waals surface area contributed by atoms with Crippen molar-refractivity contribution in [2.45, 2.75) is 12.1 Å². The van der Waals surface area contributed by atoms with E-state index in [1.54, 1.807) is 14.1 Å². The first-order chi connectivity index (χ1) is 8.02. The van der Waals surface area contributed by atoms with Gasteiger partial charge < -0.3 is 15.4 Å². The number of thioether (sulfide) groups is 1. The fourth-order valence-electron chi connectivity index (χ4n) is 0.866. The summed E-state index contributed by atoms with van der Waals surface area (Å²) in [6.45, 7) is 2.27. The van der Waals surface area contributed by atoms with Crippen LogP contribution in [0.5, 0.6) is 6.01 Å². The number of anilines is 1. The van der Waals surface area contributed by atoms with Crippen LogP contribution in [0.25, 0.3) is 0 Å². The number of amides is 1. The minimum atomic E-state index is -0.0213. The van der Waals surface area contributed by atoms with Crippen molar-refractivity contribution in [2.24, 2.45) is 0 Å². The minimum Gasteiger partial charge on any atom is -0.464 e. The van der Waals surface area contributed by atoms with E-state index in [1.165, 1.54) is 16.7 Å². The van der Waals surface area contributed by atoms with Crippen LogP contribution in [0.2, 0.25) is 0 Å². The summed E-state index contributed by atoms with van der Waals surface area (Å²) < 4.78 is 5.13.